The predicted molar refractivity (Wildman–Crippen MR) is 194 cm³/mol. The summed E-state index contributed by atoms with van der Waals surface area (Å²) in [5.41, 5.74) is 12.8. The number of rotatable bonds is 2. The first-order valence-corrected chi connectivity index (χ1v) is 15.9. The molecule has 0 saturated heterocycles. The summed E-state index contributed by atoms with van der Waals surface area (Å²) in [6.45, 7) is 7.08. The number of para-hydroxylation sites is 2. The first kappa shape index (κ1) is 26.2. The summed E-state index contributed by atoms with van der Waals surface area (Å²) in [5.74, 6) is 0. The van der Waals surface area contributed by atoms with Crippen molar-refractivity contribution < 1.29 is 0 Å². The quantitative estimate of drug-likeness (QED) is 0.189. The van der Waals surface area contributed by atoms with Crippen LogP contribution in [0.4, 0.5) is 34.1 Å². The van der Waals surface area contributed by atoms with Gasteiger partial charge in [-0.15, -0.1) is 0 Å². The summed E-state index contributed by atoms with van der Waals surface area (Å²) in [4.78, 5) is 5.00. The van der Waals surface area contributed by atoms with Crippen LogP contribution in [0.15, 0.2) is 146 Å². The lowest BCUT2D eigenvalue weighted by Crippen LogP contribution is -2.61. The highest BCUT2D eigenvalue weighted by molar-refractivity contribution is 7.01. The van der Waals surface area contributed by atoms with Crippen molar-refractivity contribution in [2.75, 3.05) is 9.80 Å². The lowest BCUT2D eigenvalue weighted by Gasteiger charge is -2.45. The van der Waals surface area contributed by atoms with Gasteiger partial charge in [0.05, 0.1) is 0 Å². The molecule has 0 fully saturated rings. The minimum Gasteiger partial charge on any atom is -0.311 e. The Bertz CT molecular complexity index is 2270. The van der Waals surface area contributed by atoms with Crippen LogP contribution in [0.2, 0.25) is 0 Å². The lowest BCUT2D eigenvalue weighted by atomic mass is 9.32. The maximum atomic E-state index is 2.52. The van der Waals surface area contributed by atoms with E-state index in [9.17, 15) is 0 Å². The van der Waals surface area contributed by atoms with E-state index in [2.05, 4.69) is 176 Å². The highest BCUT2D eigenvalue weighted by Crippen LogP contribution is 2.46. The fourth-order valence-electron chi connectivity index (χ4n) is 7.81. The van der Waals surface area contributed by atoms with Gasteiger partial charge < -0.3 is 9.80 Å². The number of benzene rings is 7. The second kappa shape index (κ2) is 9.61. The highest BCUT2D eigenvalue weighted by atomic mass is 15.2. The van der Waals surface area contributed by atoms with Crippen molar-refractivity contribution in [2.24, 2.45) is 0 Å². The average Bonchev–Trinajstić information content (AvgIpc) is 3.07. The molecule has 2 aliphatic heterocycles. The molecular formula is C42H33BN2. The van der Waals surface area contributed by atoms with E-state index < -0.39 is 0 Å². The highest BCUT2D eigenvalue weighted by Gasteiger charge is 2.44. The molecule has 3 heteroatoms. The Morgan fingerprint density at radius 1 is 0.444 bits per heavy atom. The van der Waals surface area contributed by atoms with E-state index >= 15 is 0 Å². The molecule has 2 heterocycles. The van der Waals surface area contributed by atoms with E-state index in [4.69, 9.17) is 0 Å². The van der Waals surface area contributed by atoms with Gasteiger partial charge in [-0.2, -0.15) is 0 Å². The normalized spacial score (nSPS) is 13.5. The summed E-state index contributed by atoms with van der Waals surface area (Å²) in [7, 11) is 0. The van der Waals surface area contributed by atoms with E-state index in [0.717, 1.165) is 0 Å². The summed E-state index contributed by atoms with van der Waals surface area (Å²) in [6.07, 6.45) is 0. The SMILES string of the molecule is CC(C)(C)c1cc2c(c3ccccc13)B1c3cc4ccccc4cc3N(c3ccccc3)c3cccc(c31)N2c1ccccc1. The first-order valence-electron chi connectivity index (χ1n) is 15.9. The molecule has 0 bridgehead atoms. The van der Waals surface area contributed by atoms with Crippen LogP contribution in [-0.4, -0.2) is 6.71 Å². The molecule has 214 valence electrons. The maximum Gasteiger partial charge on any atom is 0.252 e. The molecule has 2 aliphatic rings. The number of hydrogen-bond acceptors (Lipinski definition) is 2. The maximum absolute atomic E-state index is 2.52. The Balaban J connectivity index is 1.47. The van der Waals surface area contributed by atoms with Crippen molar-refractivity contribution in [1.82, 2.24) is 0 Å². The van der Waals surface area contributed by atoms with Crippen molar-refractivity contribution in [1.29, 1.82) is 0 Å². The Morgan fingerprint density at radius 2 is 0.978 bits per heavy atom. The van der Waals surface area contributed by atoms with Crippen LogP contribution >= 0.6 is 0 Å². The van der Waals surface area contributed by atoms with Gasteiger partial charge in [-0.1, -0.05) is 118 Å². The van der Waals surface area contributed by atoms with Crippen molar-refractivity contribution in [2.45, 2.75) is 26.2 Å². The largest absolute Gasteiger partial charge is 0.311 e. The second-order valence-corrected chi connectivity index (χ2v) is 13.4. The molecule has 0 spiro atoms. The molecule has 0 atom stereocenters. The van der Waals surface area contributed by atoms with E-state index in [1.54, 1.807) is 0 Å². The van der Waals surface area contributed by atoms with Crippen LogP contribution in [0.3, 0.4) is 0 Å². The monoisotopic (exact) mass is 576 g/mol. The Morgan fingerprint density at radius 3 is 1.60 bits per heavy atom. The van der Waals surface area contributed by atoms with Crippen molar-refractivity contribution >= 4 is 78.8 Å². The third-order valence-corrected chi connectivity index (χ3v) is 9.71. The minimum atomic E-state index is -0.0239. The zero-order valence-electron chi connectivity index (χ0n) is 25.8. The van der Waals surface area contributed by atoms with Gasteiger partial charge in [0.2, 0.25) is 0 Å². The second-order valence-electron chi connectivity index (χ2n) is 13.4. The molecule has 2 nitrogen and oxygen atoms in total. The van der Waals surface area contributed by atoms with Crippen molar-refractivity contribution in [3.8, 4) is 0 Å². The molecule has 7 aromatic rings. The van der Waals surface area contributed by atoms with Gasteiger partial charge in [0.15, 0.2) is 0 Å². The first-order chi connectivity index (χ1) is 22.0. The predicted octanol–water partition coefficient (Wildman–Crippen LogP) is 9.37. The molecule has 45 heavy (non-hydrogen) atoms. The third kappa shape index (κ3) is 3.83. The summed E-state index contributed by atoms with van der Waals surface area (Å²) >= 11 is 0. The summed E-state index contributed by atoms with van der Waals surface area (Å²) in [5, 5.41) is 5.20. The van der Waals surface area contributed by atoms with E-state index in [1.807, 2.05) is 0 Å². The summed E-state index contributed by atoms with van der Waals surface area (Å²) in [6, 6.07) is 53.9. The van der Waals surface area contributed by atoms with E-state index in [0.29, 0.717) is 0 Å². The standard InChI is InChI=1S/C42H33BN2/c1-42(2,3)34-27-39-40(33-22-13-12-21-32(33)34)43-35-25-28-15-10-11-16-29(28)26-38(35)44(30-17-6-4-7-18-30)36-23-14-24-37(41(36)43)45(39)31-19-8-5-9-20-31/h4-27H,1-3H3. The van der Waals surface area contributed by atoms with Crippen LogP contribution in [-0.2, 0) is 5.41 Å². The molecule has 0 radical (unpaired) electrons. The number of hydrogen-bond donors (Lipinski definition) is 0. The molecular weight excluding hydrogens is 543 g/mol. The van der Waals surface area contributed by atoms with Crippen LogP contribution in [0, 0.1) is 0 Å². The molecule has 0 amide bonds. The molecule has 0 saturated carbocycles. The lowest BCUT2D eigenvalue weighted by molar-refractivity contribution is 0.596. The van der Waals surface area contributed by atoms with Gasteiger partial charge in [0.1, 0.15) is 0 Å². The van der Waals surface area contributed by atoms with Gasteiger partial charge in [0.25, 0.3) is 6.71 Å². The zero-order chi connectivity index (χ0) is 30.3. The Kier molecular flexibility index (Phi) is 5.59. The van der Waals surface area contributed by atoms with Gasteiger partial charge in [0, 0.05) is 34.1 Å². The molecule has 7 aromatic carbocycles. The van der Waals surface area contributed by atoms with Crippen LogP contribution in [0.1, 0.15) is 26.3 Å². The van der Waals surface area contributed by atoms with Crippen molar-refractivity contribution in [3.05, 3.63) is 151 Å². The van der Waals surface area contributed by atoms with E-state index in [-0.39, 0.29) is 12.1 Å². The van der Waals surface area contributed by atoms with Gasteiger partial charge >= 0.3 is 0 Å². The third-order valence-electron chi connectivity index (χ3n) is 9.71. The van der Waals surface area contributed by atoms with Crippen LogP contribution in [0.25, 0.3) is 21.5 Å². The molecule has 0 aromatic heterocycles. The number of anilines is 6. The van der Waals surface area contributed by atoms with E-state index in [1.165, 1.54) is 77.6 Å². The van der Waals surface area contributed by atoms with Crippen molar-refractivity contribution in [3.63, 3.8) is 0 Å². The minimum absolute atomic E-state index is 0.0239. The molecule has 0 N–H and O–H groups in total. The zero-order valence-corrected chi connectivity index (χ0v) is 25.8. The molecule has 0 aliphatic carbocycles. The number of nitrogens with zero attached hydrogens (tertiary/aromatic N) is 2. The van der Waals surface area contributed by atoms with Crippen LogP contribution in [0.5, 0.6) is 0 Å². The Labute approximate surface area is 265 Å². The van der Waals surface area contributed by atoms with Gasteiger partial charge in [-0.05, 0) is 97.4 Å². The average molecular weight is 577 g/mol. The van der Waals surface area contributed by atoms with Crippen LogP contribution < -0.4 is 26.2 Å². The number of fused-ring (bicyclic) bond motifs is 7. The smallest absolute Gasteiger partial charge is 0.252 e. The molecule has 0 unspecified atom stereocenters. The van der Waals surface area contributed by atoms with Gasteiger partial charge in [-0.3, -0.25) is 0 Å². The summed E-state index contributed by atoms with van der Waals surface area (Å²) < 4.78 is 0. The molecule has 9 rings (SSSR count). The fraction of sp³-hybridized carbons (Fsp3) is 0.0952. The topological polar surface area (TPSA) is 6.48 Å². The van der Waals surface area contributed by atoms with Gasteiger partial charge in [-0.25, -0.2) is 0 Å². The fourth-order valence-corrected chi connectivity index (χ4v) is 7.81. The Hall–Kier alpha value is -5.28.